The molecule has 4 rings (SSSR count). The Hall–Kier alpha value is -2.29. The molecule has 9 heteroatoms. The predicted octanol–water partition coefficient (Wildman–Crippen LogP) is 3.65. The van der Waals surface area contributed by atoms with Crippen molar-refractivity contribution < 1.29 is 22.0 Å². The van der Waals surface area contributed by atoms with Gasteiger partial charge >= 0.3 is 0 Å². The summed E-state index contributed by atoms with van der Waals surface area (Å²) in [7, 11) is -3.06. The molecule has 1 aliphatic heterocycles. The van der Waals surface area contributed by atoms with Crippen LogP contribution in [0.15, 0.2) is 24.3 Å². The summed E-state index contributed by atoms with van der Waals surface area (Å²) in [6.07, 6.45) is 1.69. The zero-order valence-corrected chi connectivity index (χ0v) is 19.6. The highest BCUT2D eigenvalue weighted by molar-refractivity contribution is 7.93. The Balaban J connectivity index is 1.62. The Labute approximate surface area is 187 Å². The Kier molecular flexibility index (Phi) is 5.47. The molecule has 1 N–H and O–H groups in total. The maximum atomic E-state index is 13.9. The summed E-state index contributed by atoms with van der Waals surface area (Å²) in [5.41, 5.74) is 2.52. The van der Waals surface area contributed by atoms with Gasteiger partial charge < -0.3 is 5.32 Å². The summed E-state index contributed by atoms with van der Waals surface area (Å²) >= 11 is 0. The lowest BCUT2D eigenvalue weighted by Gasteiger charge is -2.39. The van der Waals surface area contributed by atoms with Crippen LogP contribution in [-0.2, 0) is 33.4 Å². The molecule has 1 amide bonds. The fraction of sp³-hybridized carbons (Fsp3) is 0.565. The second-order valence-electron chi connectivity index (χ2n) is 9.80. The Morgan fingerprint density at radius 1 is 1.31 bits per heavy atom. The first kappa shape index (κ1) is 22.9. The van der Waals surface area contributed by atoms with Crippen molar-refractivity contribution >= 4 is 15.7 Å². The van der Waals surface area contributed by atoms with Crippen molar-refractivity contribution in [1.29, 1.82) is 0 Å². The van der Waals surface area contributed by atoms with Crippen molar-refractivity contribution in [3.63, 3.8) is 0 Å². The average Bonchev–Trinajstić information content (AvgIpc) is 3.04. The van der Waals surface area contributed by atoms with Crippen LogP contribution in [0.5, 0.6) is 0 Å². The van der Waals surface area contributed by atoms with E-state index < -0.39 is 21.3 Å². The van der Waals surface area contributed by atoms with E-state index in [0.29, 0.717) is 30.5 Å². The van der Waals surface area contributed by atoms with Gasteiger partial charge in [-0.05, 0) is 39.7 Å². The van der Waals surface area contributed by atoms with E-state index in [4.69, 9.17) is 5.10 Å². The third kappa shape index (κ3) is 4.31. The second-order valence-corrected chi connectivity index (χ2v) is 11.9. The molecule has 1 atom stereocenters. The van der Waals surface area contributed by atoms with Gasteiger partial charge in [0, 0.05) is 47.7 Å². The van der Waals surface area contributed by atoms with Crippen LogP contribution in [0.3, 0.4) is 0 Å². The number of aromatic nitrogens is 2. The predicted molar refractivity (Wildman–Crippen MR) is 118 cm³/mol. The summed E-state index contributed by atoms with van der Waals surface area (Å²) in [4.78, 5) is 12.9. The first-order valence-electron chi connectivity index (χ1n) is 10.9. The number of hydrogen-bond donors (Lipinski definition) is 1. The number of nitrogens with one attached hydrogen (secondary N) is 1. The van der Waals surface area contributed by atoms with Crippen molar-refractivity contribution in [3.05, 3.63) is 41.1 Å². The lowest BCUT2D eigenvalue weighted by Crippen LogP contribution is -2.64. The molecule has 2 heterocycles. The Morgan fingerprint density at radius 3 is 2.59 bits per heavy atom. The maximum Gasteiger partial charge on any atom is 0.270 e. The molecule has 174 valence electrons. The summed E-state index contributed by atoms with van der Waals surface area (Å²) in [5, 5.41) is 7.69. The number of benzene rings is 1. The van der Waals surface area contributed by atoms with E-state index in [1.165, 1.54) is 12.1 Å². The first-order chi connectivity index (χ1) is 14.8. The molecule has 0 radical (unpaired) electrons. The molecule has 1 aliphatic carbocycles. The molecule has 1 fully saturated rings. The van der Waals surface area contributed by atoms with Crippen LogP contribution < -0.4 is 5.32 Å². The number of alkyl halides is 2. The third-order valence-corrected chi connectivity index (χ3v) is 8.46. The van der Waals surface area contributed by atoms with Gasteiger partial charge in [-0.3, -0.25) is 9.48 Å². The van der Waals surface area contributed by atoms with Crippen LogP contribution in [0, 0.1) is 5.92 Å². The first-order valence-corrected chi connectivity index (χ1v) is 12.7. The standard InChI is InChI=1S/C23H29F2N3O3S/c1-14(2)28-19-11-16(21(29)26-22(3)12-32(30,31)13-22)8-9-18(19)20(27-28)15-6-5-7-17(10-15)23(4,24)25/h5-7,10,14,16H,8-9,11-13H2,1-4H3,(H,26,29)/t16-/m1/s1. The maximum absolute atomic E-state index is 13.9. The van der Waals surface area contributed by atoms with Crippen LogP contribution in [0.4, 0.5) is 8.78 Å². The summed E-state index contributed by atoms with van der Waals surface area (Å²) in [6.45, 7) is 6.63. The van der Waals surface area contributed by atoms with Crippen molar-refractivity contribution in [1.82, 2.24) is 15.1 Å². The fourth-order valence-corrected chi connectivity index (χ4v) is 6.86. The lowest BCUT2D eigenvalue weighted by molar-refractivity contribution is -0.126. The largest absolute Gasteiger partial charge is 0.349 e. The molecule has 0 unspecified atom stereocenters. The number of rotatable bonds is 5. The summed E-state index contributed by atoms with van der Waals surface area (Å²) in [5.74, 6) is -3.42. The van der Waals surface area contributed by atoms with E-state index in [1.807, 2.05) is 18.5 Å². The molecule has 1 aromatic heterocycles. The van der Waals surface area contributed by atoms with Gasteiger partial charge in [0.05, 0.1) is 22.7 Å². The molecule has 0 spiro atoms. The topological polar surface area (TPSA) is 81.1 Å². The summed E-state index contributed by atoms with van der Waals surface area (Å²) in [6, 6.07) is 6.36. The van der Waals surface area contributed by atoms with Crippen LogP contribution >= 0.6 is 0 Å². The second kappa shape index (κ2) is 7.64. The van der Waals surface area contributed by atoms with Gasteiger partial charge in [0.25, 0.3) is 5.92 Å². The minimum Gasteiger partial charge on any atom is -0.349 e. The summed E-state index contributed by atoms with van der Waals surface area (Å²) < 4.78 is 52.7. The minimum absolute atomic E-state index is 0.0316. The van der Waals surface area contributed by atoms with Gasteiger partial charge in [0.15, 0.2) is 9.84 Å². The van der Waals surface area contributed by atoms with Crippen LogP contribution in [0.2, 0.25) is 0 Å². The van der Waals surface area contributed by atoms with Crippen LogP contribution in [0.25, 0.3) is 11.3 Å². The van der Waals surface area contributed by atoms with E-state index in [1.54, 1.807) is 19.1 Å². The third-order valence-electron chi connectivity index (χ3n) is 6.31. The Bertz CT molecular complexity index is 1150. The van der Waals surface area contributed by atoms with E-state index in [-0.39, 0.29) is 34.9 Å². The van der Waals surface area contributed by atoms with E-state index in [9.17, 15) is 22.0 Å². The van der Waals surface area contributed by atoms with Gasteiger partial charge in [-0.15, -0.1) is 0 Å². The van der Waals surface area contributed by atoms with Crippen molar-refractivity contribution in [2.24, 2.45) is 5.92 Å². The molecule has 1 saturated heterocycles. The van der Waals surface area contributed by atoms with Crippen LogP contribution in [-0.4, -0.2) is 41.2 Å². The quantitative estimate of drug-likeness (QED) is 0.731. The normalized spacial score (nSPS) is 21.7. The number of nitrogens with zero attached hydrogens (tertiary/aromatic N) is 2. The highest BCUT2D eigenvalue weighted by atomic mass is 32.2. The lowest BCUT2D eigenvalue weighted by atomic mass is 9.84. The van der Waals surface area contributed by atoms with E-state index in [2.05, 4.69) is 5.32 Å². The number of hydrogen-bond acceptors (Lipinski definition) is 4. The van der Waals surface area contributed by atoms with Crippen molar-refractivity contribution in [2.45, 2.75) is 64.5 Å². The molecular weight excluding hydrogens is 436 g/mol. The molecule has 0 bridgehead atoms. The molecule has 1 aromatic carbocycles. The van der Waals surface area contributed by atoms with Crippen molar-refractivity contribution in [2.75, 3.05) is 11.5 Å². The number of halogens is 2. The number of carbonyl (C=O) groups is 1. The number of amides is 1. The SMILES string of the molecule is CC(C)n1nc(-c2cccc(C(C)(F)F)c2)c2c1C[C@H](C(=O)NC1(C)CS(=O)(=O)C1)CC2. The molecule has 2 aromatic rings. The highest BCUT2D eigenvalue weighted by Crippen LogP contribution is 2.37. The van der Waals surface area contributed by atoms with Gasteiger partial charge in [-0.1, -0.05) is 18.2 Å². The molecule has 6 nitrogen and oxygen atoms in total. The number of sulfone groups is 1. The van der Waals surface area contributed by atoms with Crippen LogP contribution in [0.1, 0.15) is 57.0 Å². The number of fused-ring (bicyclic) bond motifs is 1. The fourth-order valence-electron chi connectivity index (χ4n) is 4.86. The van der Waals surface area contributed by atoms with E-state index >= 15 is 0 Å². The van der Waals surface area contributed by atoms with Gasteiger partial charge in [-0.25, -0.2) is 17.2 Å². The van der Waals surface area contributed by atoms with Crippen molar-refractivity contribution in [3.8, 4) is 11.3 Å². The number of carbonyl (C=O) groups excluding carboxylic acids is 1. The molecular formula is C23H29F2N3O3S. The van der Waals surface area contributed by atoms with Gasteiger partial charge in [-0.2, -0.15) is 5.10 Å². The Morgan fingerprint density at radius 2 is 2.00 bits per heavy atom. The zero-order chi connectivity index (χ0) is 23.5. The highest BCUT2D eigenvalue weighted by Gasteiger charge is 2.46. The zero-order valence-electron chi connectivity index (χ0n) is 18.8. The smallest absolute Gasteiger partial charge is 0.270 e. The molecule has 2 aliphatic rings. The average molecular weight is 466 g/mol. The molecule has 0 saturated carbocycles. The van der Waals surface area contributed by atoms with Gasteiger partial charge in [0.1, 0.15) is 0 Å². The monoisotopic (exact) mass is 465 g/mol. The van der Waals surface area contributed by atoms with Gasteiger partial charge in [0.2, 0.25) is 5.91 Å². The minimum atomic E-state index is -3.06. The van der Waals surface area contributed by atoms with E-state index in [0.717, 1.165) is 18.2 Å². The molecule has 32 heavy (non-hydrogen) atoms.